The average molecular weight is 428 g/mol. The van der Waals surface area contributed by atoms with Crippen LogP contribution in [0.15, 0.2) is 41.5 Å². The molecule has 31 heavy (non-hydrogen) atoms. The molecule has 0 saturated heterocycles. The highest BCUT2D eigenvalue weighted by Crippen LogP contribution is 2.17. The molecule has 3 N–H and O–H groups in total. The van der Waals surface area contributed by atoms with E-state index in [1.54, 1.807) is 24.3 Å². The zero-order valence-corrected chi connectivity index (χ0v) is 18.3. The zero-order chi connectivity index (χ0) is 23.0. The molecule has 0 fully saturated rings. The summed E-state index contributed by atoms with van der Waals surface area (Å²) in [7, 11) is 0. The summed E-state index contributed by atoms with van der Waals surface area (Å²) >= 11 is 0. The lowest BCUT2D eigenvalue weighted by Crippen LogP contribution is -2.37. The van der Waals surface area contributed by atoms with Gasteiger partial charge in [-0.3, -0.25) is 23.7 Å². The van der Waals surface area contributed by atoms with E-state index in [2.05, 4.69) is 20.9 Å². The van der Waals surface area contributed by atoms with Crippen molar-refractivity contribution in [3.63, 3.8) is 0 Å². The van der Waals surface area contributed by atoms with Gasteiger partial charge in [0.05, 0.1) is 6.33 Å². The van der Waals surface area contributed by atoms with Gasteiger partial charge in [0, 0.05) is 41.5 Å². The summed E-state index contributed by atoms with van der Waals surface area (Å²) in [5, 5.41) is 8.15. The highest BCUT2D eigenvalue weighted by atomic mass is 16.2. The number of carbonyl (C=O) groups excluding carboxylic acids is 3. The third-order valence-corrected chi connectivity index (χ3v) is 4.43. The van der Waals surface area contributed by atoms with Gasteiger partial charge in [0.2, 0.25) is 11.8 Å². The van der Waals surface area contributed by atoms with E-state index in [0.717, 1.165) is 0 Å². The molecule has 9 nitrogen and oxygen atoms in total. The second-order valence-corrected chi connectivity index (χ2v) is 8.09. The topological polar surface area (TPSA) is 122 Å². The molecule has 1 heterocycles. The van der Waals surface area contributed by atoms with Crippen molar-refractivity contribution in [2.24, 2.45) is 5.41 Å². The van der Waals surface area contributed by atoms with E-state index in [1.165, 1.54) is 17.0 Å². The Kier molecular flexibility index (Phi) is 8.07. The van der Waals surface area contributed by atoms with Gasteiger partial charge in [-0.1, -0.05) is 27.7 Å². The Bertz CT molecular complexity index is 990. The molecule has 2 aromatic rings. The summed E-state index contributed by atoms with van der Waals surface area (Å²) in [6.07, 6.45) is 2.01. The van der Waals surface area contributed by atoms with Crippen LogP contribution in [0.2, 0.25) is 0 Å². The van der Waals surface area contributed by atoms with Crippen LogP contribution in [0.3, 0.4) is 0 Å². The largest absolute Gasteiger partial charge is 0.353 e. The number of benzene rings is 1. The van der Waals surface area contributed by atoms with Crippen molar-refractivity contribution in [1.82, 2.24) is 20.2 Å². The summed E-state index contributed by atoms with van der Waals surface area (Å²) in [5.41, 5.74) is 0.935. The number of hydrogen-bond acceptors (Lipinski definition) is 5. The predicted octanol–water partition coefficient (Wildman–Crippen LogP) is 1.34. The van der Waals surface area contributed by atoms with Crippen molar-refractivity contribution in [2.45, 2.75) is 40.7 Å². The van der Waals surface area contributed by atoms with E-state index in [4.69, 9.17) is 0 Å². The number of aryl methyl sites for hydroxylation is 1. The number of carbonyl (C=O) groups is 3. The summed E-state index contributed by atoms with van der Waals surface area (Å²) in [5.74, 6) is -0.750. The first-order valence-electron chi connectivity index (χ1n) is 10.1. The van der Waals surface area contributed by atoms with Crippen molar-refractivity contribution in [1.29, 1.82) is 0 Å². The highest BCUT2D eigenvalue weighted by Gasteiger charge is 2.21. The van der Waals surface area contributed by atoms with Crippen LogP contribution in [0, 0.1) is 5.41 Å². The predicted molar refractivity (Wildman–Crippen MR) is 118 cm³/mol. The molecule has 1 aromatic carbocycles. The van der Waals surface area contributed by atoms with Crippen molar-refractivity contribution >= 4 is 23.4 Å². The Labute approximate surface area is 181 Å². The molecule has 0 atom stereocenters. The third kappa shape index (κ3) is 7.36. The summed E-state index contributed by atoms with van der Waals surface area (Å²) in [6, 6.07) is 7.97. The lowest BCUT2D eigenvalue weighted by Gasteiger charge is -2.17. The molecule has 0 saturated carbocycles. The maximum atomic E-state index is 12.2. The molecule has 0 spiro atoms. The Hall–Kier alpha value is -3.49. The van der Waals surface area contributed by atoms with Crippen LogP contribution < -0.4 is 21.5 Å². The Morgan fingerprint density at radius 2 is 1.68 bits per heavy atom. The first-order chi connectivity index (χ1) is 14.6. The Morgan fingerprint density at radius 3 is 2.26 bits per heavy atom. The molecule has 166 valence electrons. The first-order valence-corrected chi connectivity index (χ1v) is 10.1. The molecule has 0 aliphatic rings. The van der Waals surface area contributed by atoms with Crippen molar-refractivity contribution in [2.75, 3.05) is 18.4 Å². The smallest absolute Gasteiger partial charge is 0.253 e. The van der Waals surface area contributed by atoms with Crippen LogP contribution in [0.25, 0.3) is 0 Å². The third-order valence-electron chi connectivity index (χ3n) is 4.43. The number of aromatic nitrogens is 2. The minimum Gasteiger partial charge on any atom is -0.353 e. The van der Waals surface area contributed by atoms with Crippen LogP contribution in [0.4, 0.5) is 5.69 Å². The normalized spacial score (nSPS) is 11.0. The van der Waals surface area contributed by atoms with Crippen LogP contribution in [0.1, 0.15) is 43.7 Å². The Morgan fingerprint density at radius 1 is 1.03 bits per heavy atom. The van der Waals surface area contributed by atoms with E-state index in [-0.39, 0.29) is 42.9 Å². The fourth-order valence-electron chi connectivity index (χ4n) is 2.49. The number of rotatable bonds is 8. The number of hydrogen-bond donors (Lipinski definition) is 3. The van der Waals surface area contributed by atoms with Crippen LogP contribution >= 0.6 is 0 Å². The van der Waals surface area contributed by atoms with Gasteiger partial charge < -0.3 is 16.0 Å². The molecular formula is C22H29N5O4. The Balaban J connectivity index is 1.76. The van der Waals surface area contributed by atoms with Crippen LogP contribution in [-0.4, -0.2) is 40.4 Å². The summed E-state index contributed by atoms with van der Waals surface area (Å²) in [4.78, 5) is 52.2. The molecule has 9 heteroatoms. The molecule has 0 radical (unpaired) electrons. The molecule has 3 amide bonds. The van der Waals surface area contributed by atoms with E-state index in [0.29, 0.717) is 23.4 Å². The molecule has 0 aliphatic heterocycles. The van der Waals surface area contributed by atoms with Gasteiger partial charge in [-0.2, -0.15) is 0 Å². The van der Waals surface area contributed by atoms with Gasteiger partial charge >= 0.3 is 0 Å². The molecule has 2 rings (SSSR count). The second kappa shape index (κ2) is 10.5. The number of nitrogens with zero attached hydrogens (tertiary/aromatic N) is 2. The molecule has 0 aliphatic carbocycles. The maximum Gasteiger partial charge on any atom is 0.253 e. The van der Waals surface area contributed by atoms with E-state index in [1.807, 2.05) is 27.7 Å². The van der Waals surface area contributed by atoms with Gasteiger partial charge in [-0.15, -0.1) is 0 Å². The van der Waals surface area contributed by atoms with Gasteiger partial charge in [0.1, 0.15) is 6.54 Å². The molecular weight excluding hydrogens is 398 g/mol. The lowest BCUT2D eigenvalue weighted by molar-refractivity contribution is -0.123. The van der Waals surface area contributed by atoms with E-state index < -0.39 is 5.41 Å². The van der Waals surface area contributed by atoms with Gasteiger partial charge in [-0.25, -0.2) is 4.98 Å². The van der Waals surface area contributed by atoms with Crippen LogP contribution in [-0.2, 0) is 22.6 Å². The zero-order valence-electron chi connectivity index (χ0n) is 18.3. The standard InChI is InChI=1S/C22H29N5O4/c1-5-16-12-19(29)27(14-25-16)13-18(28)23-10-11-24-20(30)15-6-8-17(9-7-15)26-21(31)22(2,3)4/h6-9,12,14H,5,10-11,13H2,1-4H3,(H,23,28)(H,24,30)(H,26,31). The van der Waals surface area contributed by atoms with Crippen molar-refractivity contribution in [3.8, 4) is 0 Å². The SMILES string of the molecule is CCc1cc(=O)n(CC(=O)NCCNC(=O)c2ccc(NC(=O)C(C)(C)C)cc2)cn1. The number of amides is 3. The summed E-state index contributed by atoms with van der Waals surface area (Å²) < 4.78 is 1.23. The fourth-order valence-corrected chi connectivity index (χ4v) is 2.49. The van der Waals surface area contributed by atoms with Crippen molar-refractivity contribution in [3.05, 3.63) is 58.3 Å². The van der Waals surface area contributed by atoms with Gasteiger partial charge in [0.25, 0.3) is 11.5 Å². The van der Waals surface area contributed by atoms with Crippen molar-refractivity contribution < 1.29 is 14.4 Å². The highest BCUT2D eigenvalue weighted by molar-refractivity contribution is 5.97. The second-order valence-electron chi connectivity index (χ2n) is 8.09. The lowest BCUT2D eigenvalue weighted by atomic mass is 9.95. The molecule has 0 bridgehead atoms. The minimum atomic E-state index is -0.510. The van der Waals surface area contributed by atoms with E-state index >= 15 is 0 Å². The quantitative estimate of drug-likeness (QED) is 0.549. The number of anilines is 1. The average Bonchev–Trinajstić information content (AvgIpc) is 2.72. The summed E-state index contributed by atoms with van der Waals surface area (Å²) in [6.45, 7) is 7.67. The van der Waals surface area contributed by atoms with Gasteiger partial charge in [-0.05, 0) is 30.7 Å². The van der Waals surface area contributed by atoms with Crippen LogP contribution in [0.5, 0.6) is 0 Å². The van der Waals surface area contributed by atoms with Gasteiger partial charge in [0.15, 0.2) is 0 Å². The van der Waals surface area contributed by atoms with E-state index in [9.17, 15) is 19.2 Å². The fraction of sp³-hybridized carbons (Fsp3) is 0.409. The monoisotopic (exact) mass is 427 g/mol. The minimum absolute atomic E-state index is 0.111. The first kappa shape index (κ1) is 23.8. The molecule has 1 aromatic heterocycles. The maximum absolute atomic E-state index is 12.2. The number of nitrogens with one attached hydrogen (secondary N) is 3. The molecule has 0 unspecified atom stereocenters.